The molecule has 0 saturated heterocycles. The first-order valence-corrected chi connectivity index (χ1v) is 8.56. The molecule has 0 heterocycles. The van der Waals surface area contributed by atoms with Crippen molar-refractivity contribution >= 4 is 21.6 Å². The number of anilines is 1. The van der Waals surface area contributed by atoms with E-state index in [1.54, 1.807) is 24.3 Å². The summed E-state index contributed by atoms with van der Waals surface area (Å²) in [6.45, 7) is 3.02. The molecule has 1 rings (SSSR count). The van der Waals surface area contributed by atoms with Gasteiger partial charge in [0.15, 0.2) is 0 Å². The van der Waals surface area contributed by atoms with Gasteiger partial charge in [-0.15, -0.1) is 0 Å². The fourth-order valence-corrected chi connectivity index (χ4v) is 3.07. The van der Waals surface area contributed by atoms with E-state index in [0.29, 0.717) is 25.1 Å². The number of nitrogens with one attached hydrogen (secondary N) is 2. The molecule has 0 spiro atoms. The van der Waals surface area contributed by atoms with E-state index in [9.17, 15) is 13.2 Å². The zero-order valence-corrected chi connectivity index (χ0v) is 13.1. The topological polar surface area (TPSA) is 101 Å². The standard InChI is InChI=1S/C14H23N3O3S/c1-2-10-16-12-7-3-4-8-13(12)21(19,20)17-11-6-5-9-14(15)18/h3-4,7-8,16-17H,2,5-6,9-11H2,1H3,(H2,15,18). The van der Waals surface area contributed by atoms with Gasteiger partial charge in [-0.25, -0.2) is 13.1 Å². The number of nitrogens with two attached hydrogens (primary N) is 1. The highest BCUT2D eigenvalue weighted by atomic mass is 32.2. The van der Waals surface area contributed by atoms with Crippen LogP contribution in [0, 0.1) is 0 Å². The fourth-order valence-electron chi connectivity index (χ4n) is 1.82. The molecule has 118 valence electrons. The molecular formula is C14H23N3O3S. The predicted octanol–water partition coefficient (Wildman–Crippen LogP) is 1.44. The number of sulfonamides is 1. The molecule has 4 N–H and O–H groups in total. The molecule has 0 atom stereocenters. The summed E-state index contributed by atoms with van der Waals surface area (Å²) in [5.74, 6) is -0.369. The number of carbonyl (C=O) groups excluding carboxylic acids is 1. The minimum Gasteiger partial charge on any atom is -0.384 e. The third kappa shape index (κ3) is 6.14. The molecule has 0 aliphatic rings. The summed E-state index contributed by atoms with van der Waals surface area (Å²) in [4.78, 5) is 10.8. The van der Waals surface area contributed by atoms with Gasteiger partial charge in [0.25, 0.3) is 0 Å². The van der Waals surface area contributed by atoms with E-state index in [1.807, 2.05) is 6.92 Å². The molecule has 6 nitrogen and oxygen atoms in total. The summed E-state index contributed by atoms with van der Waals surface area (Å²) < 4.78 is 27.1. The maximum absolute atomic E-state index is 12.3. The Morgan fingerprint density at radius 1 is 1.19 bits per heavy atom. The molecule has 1 amide bonds. The Kier molecular flexibility index (Phi) is 7.18. The molecule has 0 aliphatic carbocycles. The van der Waals surface area contributed by atoms with Crippen LogP contribution in [0.15, 0.2) is 29.2 Å². The van der Waals surface area contributed by atoms with Crippen LogP contribution in [-0.2, 0) is 14.8 Å². The van der Waals surface area contributed by atoms with Crippen LogP contribution >= 0.6 is 0 Å². The number of rotatable bonds is 10. The van der Waals surface area contributed by atoms with E-state index in [-0.39, 0.29) is 23.8 Å². The smallest absolute Gasteiger partial charge is 0.242 e. The van der Waals surface area contributed by atoms with Crippen molar-refractivity contribution in [3.63, 3.8) is 0 Å². The average molecular weight is 313 g/mol. The van der Waals surface area contributed by atoms with Crippen molar-refractivity contribution in [2.45, 2.75) is 37.5 Å². The second-order valence-electron chi connectivity index (χ2n) is 4.74. The molecule has 1 aromatic carbocycles. The van der Waals surface area contributed by atoms with Gasteiger partial charge in [0, 0.05) is 19.5 Å². The van der Waals surface area contributed by atoms with Crippen molar-refractivity contribution in [2.24, 2.45) is 5.73 Å². The second-order valence-corrected chi connectivity index (χ2v) is 6.48. The Hall–Kier alpha value is -1.60. The summed E-state index contributed by atoms with van der Waals surface area (Å²) in [6, 6.07) is 6.81. The van der Waals surface area contributed by atoms with Gasteiger partial charge < -0.3 is 11.1 Å². The number of primary amides is 1. The van der Waals surface area contributed by atoms with E-state index in [1.165, 1.54) is 0 Å². The van der Waals surface area contributed by atoms with Crippen molar-refractivity contribution in [2.75, 3.05) is 18.4 Å². The van der Waals surface area contributed by atoms with Crippen molar-refractivity contribution in [3.8, 4) is 0 Å². The lowest BCUT2D eigenvalue weighted by atomic mass is 10.2. The van der Waals surface area contributed by atoms with E-state index in [2.05, 4.69) is 10.0 Å². The summed E-state index contributed by atoms with van der Waals surface area (Å²) in [5, 5.41) is 3.11. The minimum absolute atomic E-state index is 0.244. The SMILES string of the molecule is CCCNc1ccccc1S(=O)(=O)NCCCCC(N)=O. The van der Waals surface area contributed by atoms with Crippen LogP contribution in [0.25, 0.3) is 0 Å². The number of unbranched alkanes of at least 4 members (excludes halogenated alkanes) is 1. The Balaban J connectivity index is 2.63. The van der Waals surface area contributed by atoms with E-state index in [0.717, 1.165) is 6.42 Å². The van der Waals surface area contributed by atoms with Gasteiger partial charge in [0.1, 0.15) is 4.90 Å². The van der Waals surface area contributed by atoms with Crippen LogP contribution in [0.4, 0.5) is 5.69 Å². The van der Waals surface area contributed by atoms with E-state index < -0.39 is 10.0 Å². The van der Waals surface area contributed by atoms with E-state index >= 15 is 0 Å². The molecule has 1 aromatic rings. The molecule has 0 radical (unpaired) electrons. The van der Waals surface area contributed by atoms with Gasteiger partial charge in [-0.2, -0.15) is 0 Å². The molecule has 0 aliphatic heterocycles. The van der Waals surface area contributed by atoms with Crippen molar-refractivity contribution in [1.29, 1.82) is 0 Å². The van der Waals surface area contributed by atoms with Crippen molar-refractivity contribution in [1.82, 2.24) is 4.72 Å². The molecule has 21 heavy (non-hydrogen) atoms. The molecule has 0 unspecified atom stereocenters. The van der Waals surface area contributed by atoms with Gasteiger partial charge in [-0.1, -0.05) is 19.1 Å². The van der Waals surface area contributed by atoms with Crippen LogP contribution in [0.3, 0.4) is 0 Å². The summed E-state index contributed by atoms with van der Waals surface area (Å²) in [5.41, 5.74) is 5.63. The lowest BCUT2D eigenvalue weighted by Crippen LogP contribution is -2.26. The first-order valence-electron chi connectivity index (χ1n) is 7.08. The highest BCUT2D eigenvalue weighted by Gasteiger charge is 2.17. The molecule has 0 bridgehead atoms. The number of hydrogen-bond acceptors (Lipinski definition) is 4. The summed E-state index contributed by atoms with van der Waals surface area (Å²) >= 11 is 0. The Morgan fingerprint density at radius 3 is 2.57 bits per heavy atom. The maximum atomic E-state index is 12.3. The monoisotopic (exact) mass is 313 g/mol. The number of para-hydroxylation sites is 1. The average Bonchev–Trinajstić information content (AvgIpc) is 2.44. The van der Waals surface area contributed by atoms with Crippen LogP contribution in [-0.4, -0.2) is 27.4 Å². The number of carbonyl (C=O) groups is 1. The zero-order chi connectivity index (χ0) is 15.7. The Bertz CT molecular complexity index is 558. The summed E-state index contributed by atoms with van der Waals surface area (Å²) in [6.07, 6.45) is 2.34. The van der Waals surface area contributed by atoms with Crippen molar-refractivity contribution in [3.05, 3.63) is 24.3 Å². The number of hydrogen-bond donors (Lipinski definition) is 3. The maximum Gasteiger partial charge on any atom is 0.242 e. The third-order valence-electron chi connectivity index (χ3n) is 2.88. The fraction of sp³-hybridized carbons (Fsp3) is 0.500. The molecule has 0 aromatic heterocycles. The highest BCUT2D eigenvalue weighted by Crippen LogP contribution is 2.20. The normalized spacial score (nSPS) is 11.3. The molecule has 0 fully saturated rings. The lowest BCUT2D eigenvalue weighted by Gasteiger charge is -2.12. The first kappa shape index (κ1) is 17.5. The summed E-state index contributed by atoms with van der Waals surface area (Å²) in [7, 11) is -3.55. The number of benzene rings is 1. The van der Waals surface area contributed by atoms with Gasteiger partial charge >= 0.3 is 0 Å². The van der Waals surface area contributed by atoms with Gasteiger partial charge in [0.05, 0.1) is 5.69 Å². The Labute approximate surface area is 126 Å². The molecule has 7 heteroatoms. The van der Waals surface area contributed by atoms with Crippen LogP contribution in [0.1, 0.15) is 32.6 Å². The van der Waals surface area contributed by atoms with E-state index in [4.69, 9.17) is 5.73 Å². The first-order chi connectivity index (χ1) is 9.97. The van der Waals surface area contributed by atoms with Crippen LogP contribution < -0.4 is 15.8 Å². The van der Waals surface area contributed by atoms with Crippen LogP contribution in [0.2, 0.25) is 0 Å². The zero-order valence-electron chi connectivity index (χ0n) is 12.3. The molecule has 0 saturated carbocycles. The highest BCUT2D eigenvalue weighted by molar-refractivity contribution is 7.89. The minimum atomic E-state index is -3.55. The second kappa shape index (κ2) is 8.63. The quantitative estimate of drug-likeness (QED) is 0.569. The predicted molar refractivity (Wildman–Crippen MR) is 83.5 cm³/mol. The lowest BCUT2D eigenvalue weighted by molar-refractivity contribution is -0.118. The Morgan fingerprint density at radius 2 is 1.90 bits per heavy atom. The number of amides is 1. The van der Waals surface area contributed by atoms with Crippen LogP contribution in [0.5, 0.6) is 0 Å². The van der Waals surface area contributed by atoms with Gasteiger partial charge in [0.2, 0.25) is 15.9 Å². The van der Waals surface area contributed by atoms with Gasteiger partial charge in [-0.3, -0.25) is 4.79 Å². The largest absolute Gasteiger partial charge is 0.384 e. The third-order valence-corrected chi connectivity index (χ3v) is 4.40. The van der Waals surface area contributed by atoms with Crippen molar-refractivity contribution < 1.29 is 13.2 Å². The molecular weight excluding hydrogens is 290 g/mol. The van der Waals surface area contributed by atoms with Gasteiger partial charge in [-0.05, 0) is 31.4 Å².